The van der Waals surface area contributed by atoms with Crippen LogP contribution in [0, 0.1) is 5.82 Å². The maximum absolute atomic E-state index is 13.5. The van der Waals surface area contributed by atoms with Crippen molar-refractivity contribution in [2.24, 2.45) is 0 Å². The van der Waals surface area contributed by atoms with Crippen LogP contribution in [0.25, 0.3) is 22.0 Å². The molecule has 0 saturated carbocycles. The van der Waals surface area contributed by atoms with Gasteiger partial charge in [-0.2, -0.15) is 5.10 Å². The number of ether oxygens (including phenoxy) is 1. The van der Waals surface area contributed by atoms with Crippen LogP contribution < -0.4 is 4.74 Å². The van der Waals surface area contributed by atoms with E-state index in [9.17, 15) is 13.2 Å². The number of aromatic nitrogens is 4. The zero-order valence-electron chi connectivity index (χ0n) is 22.5. The first-order chi connectivity index (χ1) is 19.9. The SMILES string of the molecule is Fc1ccc(Oc2ccc(CCCc3[nH]nc4ccc(-c5cncc(CN6CCC(F)(F)CC6)c5)cc34)cn2)cc1. The standard InChI is InChI=1S/C32H30F3N5O/c33-26-6-8-27(9-7-26)41-31-11-4-22(19-37-31)2-1-3-29-28-17-24(5-10-30(28)39-38-29)25-16-23(18-36-20-25)21-40-14-12-32(34,35)13-15-40/h4-11,16-20H,1-3,12-15,21H2,(H,38,39). The molecule has 5 aromatic rings. The van der Waals surface area contributed by atoms with E-state index in [0.29, 0.717) is 31.3 Å². The number of aromatic amines is 1. The maximum Gasteiger partial charge on any atom is 0.250 e. The highest BCUT2D eigenvalue weighted by atomic mass is 19.3. The molecule has 3 aromatic heterocycles. The first-order valence-electron chi connectivity index (χ1n) is 13.8. The molecule has 0 atom stereocenters. The van der Waals surface area contributed by atoms with Gasteiger partial charge in [0.1, 0.15) is 11.6 Å². The second-order valence-electron chi connectivity index (χ2n) is 10.6. The minimum Gasteiger partial charge on any atom is -0.439 e. The van der Waals surface area contributed by atoms with Crippen molar-refractivity contribution in [2.75, 3.05) is 13.1 Å². The van der Waals surface area contributed by atoms with Gasteiger partial charge in [-0.05, 0) is 78.4 Å². The number of likely N-dealkylation sites (tertiary alicyclic amines) is 1. The maximum atomic E-state index is 13.5. The zero-order chi connectivity index (χ0) is 28.2. The number of nitrogens with one attached hydrogen (secondary N) is 1. The van der Waals surface area contributed by atoms with E-state index in [1.165, 1.54) is 12.1 Å². The molecular formula is C32H30F3N5O. The van der Waals surface area contributed by atoms with Crippen LogP contribution in [0.1, 0.15) is 36.1 Å². The van der Waals surface area contributed by atoms with Crippen molar-refractivity contribution in [1.29, 1.82) is 0 Å². The van der Waals surface area contributed by atoms with Crippen molar-refractivity contribution < 1.29 is 17.9 Å². The van der Waals surface area contributed by atoms with Crippen molar-refractivity contribution in [3.05, 3.63) is 102 Å². The Kier molecular flexibility index (Phi) is 7.69. The van der Waals surface area contributed by atoms with Gasteiger partial charge in [0, 0.05) is 73.8 Å². The van der Waals surface area contributed by atoms with Gasteiger partial charge in [-0.1, -0.05) is 12.1 Å². The summed E-state index contributed by atoms with van der Waals surface area (Å²) in [6.07, 6.45) is 7.86. The molecule has 0 spiro atoms. The lowest BCUT2D eigenvalue weighted by atomic mass is 10.0. The molecule has 0 unspecified atom stereocenters. The predicted molar refractivity (Wildman–Crippen MR) is 152 cm³/mol. The van der Waals surface area contributed by atoms with E-state index >= 15 is 0 Å². The molecule has 0 amide bonds. The van der Waals surface area contributed by atoms with E-state index < -0.39 is 5.92 Å². The van der Waals surface area contributed by atoms with E-state index in [2.05, 4.69) is 37.2 Å². The molecule has 0 aliphatic carbocycles. The number of hydrogen-bond acceptors (Lipinski definition) is 5. The van der Waals surface area contributed by atoms with Gasteiger partial charge in [0.15, 0.2) is 0 Å². The Morgan fingerprint density at radius 3 is 2.46 bits per heavy atom. The molecule has 41 heavy (non-hydrogen) atoms. The lowest BCUT2D eigenvalue weighted by Gasteiger charge is -2.31. The van der Waals surface area contributed by atoms with Crippen molar-refractivity contribution >= 4 is 10.9 Å². The molecule has 210 valence electrons. The molecule has 1 fully saturated rings. The van der Waals surface area contributed by atoms with Crippen LogP contribution in [-0.2, 0) is 19.4 Å². The Labute approximate surface area is 236 Å². The highest BCUT2D eigenvalue weighted by Gasteiger charge is 2.33. The summed E-state index contributed by atoms with van der Waals surface area (Å²) < 4.78 is 45.8. The van der Waals surface area contributed by atoms with Crippen molar-refractivity contribution in [1.82, 2.24) is 25.1 Å². The Morgan fingerprint density at radius 1 is 0.854 bits per heavy atom. The highest BCUT2D eigenvalue weighted by molar-refractivity contribution is 5.86. The Balaban J connectivity index is 1.08. The van der Waals surface area contributed by atoms with E-state index in [1.54, 1.807) is 18.3 Å². The fraction of sp³-hybridized carbons (Fsp3) is 0.281. The van der Waals surface area contributed by atoms with Gasteiger partial charge in [-0.25, -0.2) is 18.2 Å². The van der Waals surface area contributed by atoms with Gasteiger partial charge in [0.2, 0.25) is 5.88 Å². The summed E-state index contributed by atoms with van der Waals surface area (Å²) in [6, 6.07) is 17.9. The third-order valence-corrected chi connectivity index (χ3v) is 7.48. The molecule has 9 heteroatoms. The van der Waals surface area contributed by atoms with Gasteiger partial charge in [0.05, 0.1) is 5.52 Å². The monoisotopic (exact) mass is 557 g/mol. The predicted octanol–water partition coefficient (Wildman–Crippen LogP) is 7.36. The van der Waals surface area contributed by atoms with Crippen molar-refractivity contribution in [3.63, 3.8) is 0 Å². The number of alkyl halides is 2. The third-order valence-electron chi connectivity index (χ3n) is 7.48. The Hall–Kier alpha value is -4.24. The molecule has 0 radical (unpaired) electrons. The minimum absolute atomic E-state index is 0.0895. The van der Waals surface area contributed by atoms with Crippen LogP contribution in [-0.4, -0.2) is 44.1 Å². The molecule has 2 aromatic carbocycles. The number of halogens is 3. The van der Waals surface area contributed by atoms with Gasteiger partial charge < -0.3 is 4.74 Å². The molecule has 1 N–H and O–H groups in total. The normalized spacial score (nSPS) is 15.3. The summed E-state index contributed by atoms with van der Waals surface area (Å²) in [6.45, 7) is 1.40. The van der Waals surface area contributed by atoms with Crippen LogP contribution in [0.5, 0.6) is 11.6 Å². The largest absolute Gasteiger partial charge is 0.439 e. The number of benzene rings is 2. The fourth-order valence-corrected chi connectivity index (χ4v) is 5.17. The second-order valence-corrected chi connectivity index (χ2v) is 10.6. The number of fused-ring (bicyclic) bond motifs is 1. The molecular weight excluding hydrogens is 527 g/mol. The van der Waals surface area contributed by atoms with Crippen molar-refractivity contribution in [3.8, 4) is 22.8 Å². The van der Waals surface area contributed by atoms with Crippen LogP contribution >= 0.6 is 0 Å². The molecule has 1 aliphatic heterocycles. The smallest absolute Gasteiger partial charge is 0.250 e. The van der Waals surface area contributed by atoms with Gasteiger partial charge in [0.25, 0.3) is 5.92 Å². The van der Waals surface area contributed by atoms with Crippen LogP contribution in [0.4, 0.5) is 13.2 Å². The molecule has 0 bridgehead atoms. The van der Waals surface area contributed by atoms with Crippen LogP contribution in [0.3, 0.4) is 0 Å². The summed E-state index contributed by atoms with van der Waals surface area (Å²) in [5.41, 5.74) is 6.13. The summed E-state index contributed by atoms with van der Waals surface area (Å²) in [5.74, 6) is -1.86. The number of piperidine rings is 1. The highest BCUT2D eigenvalue weighted by Crippen LogP contribution is 2.30. The van der Waals surface area contributed by atoms with Gasteiger partial charge in [-0.3, -0.25) is 15.0 Å². The molecule has 6 nitrogen and oxygen atoms in total. The minimum atomic E-state index is -2.54. The summed E-state index contributed by atoms with van der Waals surface area (Å²) >= 11 is 0. The summed E-state index contributed by atoms with van der Waals surface area (Å²) in [4.78, 5) is 10.9. The number of aryl methyl sites for hydroxylation is 2. The number of hydrogen-bond donors (Lipinski definition) is 1. The van der Waals surface area contributed by atoms with Crippen LogP contribution in [0.2, 0.25) is 0 Å². The van der Waals surface area contributed by atoms with E-state index in [1.807, 2.05) is 36.7 Å². The number of rotatable bonds is 9. The number of nitrogens with zero attached hydrogens (tertiary/aromatic N) is 4. The van der Waals surface area contributed by atoms with E-state index in [0.717, 1.165) is 58.1 Å². The first kappa shape index (κ1) is 27.0. The average molecular weight is 558 g/mol. The zero-order valence-corrected chi connectivity index (χ0v) is 22.5. The topological polar surface area (TPSA) is 66.9 Å². The van der Waals surface area contributed by atoms with Crippen molar-refractivity contribution in [2.45, 2.75) is 44.6 Å². The molecule has 1 saturated heterocycles. The lowest BCUT2D eigenvalue weighted by molar-refractivity contribution is -0.0566. The van der Waals surface area contributed by atoms with Gasteiger partial charge in [-0.15, -0.1) is 0 Å². The second kappa shape index (κ2) is 11.7. The summed E-state index contributed by atoms with van der Waals surface area (Å²) in [5, 5.41) is 8.75. The van der Waals surface area contributed by atoms with Gasteiger partial charge >= 0.3 is 0 Å². The third kappa shape index (κ3) is 6.74. The summed E-state index contributed by atoms with van der Waals surface area (Å²) in [7, 11) is 0. The fourth-order valence-electron chi connectivity index (χ4n) is 5.17. The first-order valence-corrected chi connectivity index (χ1v) is 13.8. The Bertz CT molecular complexity index is 1610. The van der Waals surface area contributed by atoms with E-state index in [4.69, 9.17) is 4.74 Å². The molecule has 1 aliphatic rings. The molecule has 6 rings (SSSR count). The lowest BCUT2D eigenvalue weighted by Crippen LogP contribution is -2.38. The molecule has 4 heterocycles. The van der Waals surface area contributed by atoms with E-state index in [-0.39, 0.29) is 18.7 Å². The Morgan fingerprint density at radius 2 is 1.68 bits per heavy atom. The number of pyridine rings is 2. The van der Waals surface area contributed by atoms with Crippen LogP contribution in [0.15, 0.2) is 79.3 Å². The average Bonchev–Trinajstić information content (AvgIpc) is 3.39. The number of H-pyrrole nitrogens is 1. The quantitative estimate of drug-likeness (QED) is 0.205.